The second-order valence-electron chi connectivity index (χ2n) is 13.9. The first kappa shape index (κ1) is 27.3. The molecule has 220 valence electrons. The molecule has 1 aromatic rings. The first-order chi connectivity index (χ1) is 19.3. The Morgan fingerprint density at radius 3 is 2.50 bits per heavy atom. The summed E-state index contributed by atoms with van der Waals surface area (Å²) in [6.45, 7) is 8.91. The zero-order chi connectivity index (χ0) is 28.0. The third kappa shape index (κ3) is 3.27. The first-order valence-corrected chi connectivity index (χ1v) is 15.5. The average molecular weight is 554 g/mol. The van der Waals surface area contributed by atoms with Gasteiger partial charge in [0.25, 0.3) is 0 Å². The van der Waals surface area contributed by atoms with Gasteiger partial charge in [-0.3, -0.25) is 9.69 Å². The van der Waals surface area contributed by atoms with Gasteiger partial charge < -0.3 is 23.7 Å². The molecule has 6 fully saturated rings. The van der Waals surface area contributed by atoms with Gasteiger partial charge >= 0.3 is 5.97 Å². The molecule has 6 aliphatic rings. The quantitative estimate of drug-likeness (QED) is 0.444. The topological polar surface area (TPSA) is 66.5 Å². The lowest BCUT2D eigenvalue weighted by molar-refractivity contribution is -0.280. The van der Waals surface area contributed by atoms with Crippen LogP contribution in [0.3, 0.4) is 0 Å². The standard InChI is InChI=1S/C33H47NO6/c1-7-34-18-31(3)14-13-24(37-5)33-22-15-21-23(36-4)16-32(38-6,26(30(33)34)28(29(31)33)40-19(2)35)25(22)27(21)39-17-20-11-9-8-10-12-20/h8-12,21-30H,7,13-18H2,1-6H3/t21-,22?,23+,24?,25?,26?,27?,28?,29-,30-,31+,32?,33?/m1/s1. The highest BCUT2D eigenvalue weighted by Gasteiger charge is 2.87. The first-order valence-electron chi connectivity index (χ1n) is 15.5. The smallest absolute Gasteiger partial charge is 0.302 e. The van der Waals surface area contributed by atoms with Gasteiger partial charge in [-0.25, -0.2) is 0 Å². The van der Waals surface area contributed by atoms with Crippen LogP contribution in [-0.4, -0.2) is 81.3 Å². The van der Waals surface area contributed by atoms with Crippen molar-refractivity contribution in [3.05, 3.63) is 35.9 Å². The van der Waals surface area contributed by atoms with E-state index in [1.165, 1.54) is 5.56 Å². The van der Waals surface area contributed by atoms with Crippen LogP contribution in [0.15, 0.2) is 30.3 Å². The average Bonchev–Trinajstić information content (AvgIpc) is 3.38. The summed E-state index contributed by atoms with van der Waals surface area (Å²) in [7, 11) is 5.64. The van der Waals surface area contributed by atoms with Gasteiger partial charge in [0.15, 0.2) is 0 Å². The predicted octanol–water partition coefficient (Wildman–Crippen LogP) is 4.32. The molecule has 7 bridgehead atoms. The Balaban J connectivity index is 1.43. The van der Waals surface area contributed by atoms with E-state index in [1.807, 2.05) is 27.4 Å². The lowest BCUT2D eigenvalue weighted by Gasteiger charge is -2.69. The second-order valence-corrected chi connectivity index (χ2v) is 13.9. The van der Waals surface area contributed by atoms with Crippen molar-refractivity contribution in [1.29, 1.82) is 0 Å². The molecule has 13 atom stereocenters. The number of esters is 1. The molecule has 7 heteroatoms. The predicted molar refractivity (Wildman–Crippen MR) is 149 cm³/mol. The molecule has 0 amide bonds. The number of piperidine rings is 1. The number of ether oxygens (including phenoxy) is 5. The van der Waals surface area contributed by atoms with Crippen LogP contribution < -0.4 is 0 Å². The summed E-state index contributed by atoms with van der Waals surface area (Å²) in [5.41, 5.74) is 0.595. The lowest BCUT2D eigenvalue weighted by Crippen LogP contribution is -2.76. The highest BCUT2D eigenvalue weighted by molar-refractivity contribution is 5.66. The Kier molecular flexibility index (Phi) is 6.49. The van der Waals surface area contributed by atoms with Gasteiger partial charge in [-0.15, -0.1) is 0 Å². The molecule has 0 N–H and O–H groups in total. The van der Waals surface area contributed by atoms with Crippen molar-refractivity contribution in [3.8, 4) is 0 Å². The fourth-order valence-electron chi connectivity index (χ4n) is 12.0. The Morgan fingerprint density at radius 1 is 1.07 bits per heavy atom. The molecule has 1 aliphatic heterocycles. The molecule has 7 rings (SSSR count). The minimum Gasteiger partial charge on any atom is -0.462 e. The molecule has 5 aliphatic carbocycles. The number of carbonyl (C=O) groups excluding carboxylic acids is 1. The maximum atomic E-state index is 12.8. The van der Waals surface area contributed by atoms with E-state index in [1.54, 1.807) is 6.92 Å². The Morgan fingerprint density at radius 2 is 1.85 bits per heavy atom. The van der Waals surface area contributed by atoms with Gasteiger partial charge in [0, 0.05) is 76.3 Å². The number of fused-ring (bicyclic) bond motifs is 2. The highest BCUT2D eigenvalue weighted by Crippen LogP contribution is 2.80. The van der Waals surface area contributed by atoms with Crippen LogP contribution in [0.2, 0.25) is 0 Å². The summed E-state index contributed by atoms with van der Waals surface area (Å²) >= 11 is 0. The van der Waals surface area contributed by atoms with E-state index in [-0.39, 0.29) is 65.0 Å². The van der Waals surface area contributed by atoms with Crippen LogP contribution in [0.4, 0.5) is 0 Å². The van der Waals surface area contributed by atoms with Crippen molar-refractivity contribution in [1.82, 2.24) is 4.90 Å². The van der Waals surface area contributed by atoms with Gasteiger partial charge in [-0.1, -0.05) is 44.2 Å². The van der Waals surface area contributed by atoms with Crippen LogP contribution in [0.5, 0.6) is 0 Å². The highest BCUT2D eigenvalue weighted by atomic mass is 16.6. The zero-order valence-corrected chi connectivity index (χ0v) is 25.0. The fraction of sp³-hybridized carbons (Fsp3) is 0.788. The van der Waals surface area contributed by atoms with E-state index >= 15 is 0 Å². The number of benzene rings is 1. The summed E-state index contributed by atoms with van der Waals surface area (Å²) in [5.74, 6) is 0.906. The van der Waals surface area contributed by atoms with Crippen LogP contribution >= 0.6 is 0 Å². The van der Waals surface area contributed by atoms with Crippen molar-refractivity contribution in [2.75, 3.05) is 34.4 Å². The molecule has 40 heavy (non-hydrogen) atoms. The Bertz CT molecular complexity index is 1130. The van der Waals surface area contributed by atoms with Crippen molar-refractivity contribution in [2.45, 2.75) is 89.1 Å². The largest absolute Gasteiger partial charge is 0.462 e. The lowest BCUT2D eigenvalue weighted by atomic mass is 9.43. The number of hydrogen-bond donors (Lipinski definition) is 0. The molecule has 1 spiro atoms. The van der Waals surface area contributed by atoms with Crippen molar-refractivity contribution < 1.29 is 28.5 Å². The number of likely N-dealkylation sites (tertiary alicyclic amines) is 1. The van der Waals surface area contributed by atoms with Gasteiger partial charge in [0.05, 0.1) is 30.5 Å². The minimum atomic E-state index is -0.510. The van der Waals surface area contributed by atoms with Crippen molar-refractivity contribution >= 4 is 5.97 Å². The maximum absolute atomic E-state index is 12.8. The van der Waals surface area contributed by atoms with Gasteiger partial charge in [0.2, 0.25) is 0 Å². The summed E-state index contributed by atoms with van der Waals surface area (Å²) in [6.07, 6.45) is 3.93. The van der Waals surface area contributed by atoms with E-state index in [9.17, 15) is 4.79 Å². The summed E-state index contributed by atoms with van der Waals surface area (Å²) in [6, 6.07) is 10.7. The molecule has 0 aromatic heterocycles. The normalized spacial score (nSPS) is 50.1. The summed E-state index contributed by atoms with van der Waals surface area (Å²) < 4.78 is 33.2. The molecular formula is C33H47NO6. The molecule has 0 radical (unpaired) electrons. The molecule has 1 heterocycles. The monoisotopic (exact) mass is 553 g/mol. The van der Waals surface area contributed by atoms with E-state index < -0.39 is 5.60 Å². The Hall–Kier alpha value is -1.51. The van der Waals surface area contributed by atoms with E-state index in [2.05, 4.69) is 43.0 Å². The number of nitrogens with zero attached hydrogens (tertiary/aromatic N) is 1. The second kappa shape index (κ2) is 9.50. The van der Waals surface area contributed by atoms with Gasteiger partial charge in [-0.2, -0.15) is 0 Å². The fourth-order valence-corrected chi connectivity index (χ4v) is 12.0. The third-order valence-electron chi connectivity index (χ3n) is 12.8. The van der Waals surface area contributed by atoms with Crippen molar-refractivity contribution in [2.24, 2.45) is 40.4 Å². The molecule has 5 saturated carbocycles. The SMILES string of the molecule is CCN1C[C@]2(C)CCC(OC)C34C5C[C@H]6C(OCc7ccccc7)C5C(OC)(C[C@@H]6OC)C(C(OC(C)=O)[C@@H]32)[C@@H]14. The van der Waals surface area contributed by atoms with Crippen molar-refractivity contribution in [3.63, 3.8) is 0 Å². The number of hydrogen-bond acceptors (Lipinski definition) is 7. The third-order valence-corrected chi connectivity index (χ3v) is 12.8. The maximum Gasteiger partial charge on any atom is 0.302 e. The number of methoxy groups -OCH3 is 3. The van der Waals surface area contributed by atoms with E-state index in [0.29, 0.717) is 18.4 Å². The van der Waals surface area contributed by atoms with Crippen LogP contribution in [0.25, 0.3) is 0 Å². The van der Waals surface area contributed by atoms with E-state index in [0.717, 1.165) is 38.8 Å². The zero-order valence-electron chi connectivity index (χ0n) is 25.0. The summed E-state index contributed by atoms with van der Waals surface area (Å²) in [4.78, 5) is 15.6. The van der Waals surface area contributed by atoms with Crippen LogP contribution in [-0.2, 0) is 35.1 Å². The number of carbonyl (C=O) groups is 1. The van der Waals surface area contributed by atoms with Gasteiger partial charge in [0.1, 0.15) is 6.10 Å². The molecule has 1 saturated heterocycles. The molecule has 1 aromatic carbocycles. The Labute approximate surface area is 239 Å². The van der Waals surface area contributed by atoms with Gasteiger partial charge in [-0.05, 0) is 42.7 Å². The summed E-state index contributed by atoms with van der Waals surface area (Å²) in [5, 5.41) is 0. The van der Waals surface area contributed by atoms with Crippen LogP contribution in [0.1, 0.15) is 52.0 Å². The molecule has 7 nitrogen and oxygen atoms in total. The minimum absolute atomic E-state index is 0.0149. The van der Waals surface area contributed by atoms with Crippen LogP contribution in [0, 0.1) is 40.4 Å². The molecule has 8 unspecified atom stereocenters. The number of rotatable bonds is 8. The molecular weight excluding hydrogens is 506 g/mol. The van der Waals surface area contributed by atoms with E-state index in [4.69, 9.17) is 23.7 Å².